The lowest BCUT2D eigenvalue weighted by atomic mass is 10.2. The van der Waals surface area contributed by atoms with Crippen LogP contribution in [0.4, 0.5) is 5.69 Å². The number of rotatable bonds is 3. The molecule has 0 N–H and O–H groups in total. The molecule has 0 aliphatic carbocycles. The van der Waals surface area contributed by atoms with E-state index in [-0.39, 0.29) is 16.3 Å². The SMILES string of the molecule is C[C@@H]1CS(=O)(=O)N(c2ccc(S(=O)(=O)N3CCCCC3)cc2)C1=O. The minimum Gasteiger partial charge on any atom is -0.273 e. The third-order valence-corrected chi connectivity index (χ3v) is 8.17. The zero-order valence-corrected chi connectivity index (χ0v) is 15.0. The van der Waals surface area contributed by atoms with Crippen LogP contribution in [-0.4, -0.2) is 45.9 Å². The average Bonchev–Trinajstić information content (AvgIpc) is 2.76. The number of carbonyl (C=O) groups is 1. The summed E-state index contributed by atoms with van der Waals surface area (Å²) in [6.07, 6.45) is 2.71. The van der Waals surface area contributed by atoms with Crippen LogP contribution in [-0.2, 0) is 24.8 Å². The molecule has 0 aromatic heterocycles. The summed E-state index contributed by atoms with van der Waals surface area (Å²) in [5.41, 5.74) is 0.182. The first-order chi connectivity index (χ1) is 11.2. The van der Waals surface area contributed by atoms with Crippen molar-refractivity contribution >= 4 is 31.6 Å². The number of piperidine rings is 1. The van der Waals surface area contributed by atoms with Crippen molar-refractivity contribution in [2.24, 2.45) is 5.92 Å². The highest BCUT2D eigenvalue weighted by molar-refractivity contribution is 7.94. The first kappa shape index (κ1) is 17.4. The van der Waals surface area contributed by atoms with Crippen LogP contribution in [0.15, 0.2) is 29.2 Å². The van der Waals surface area contributed by atoms with Crippen molar-refractivity contribution in [3.8, 4) is 0 Å². The number of nitrogens with zero attached hydrogens (tertiary/aromatic N) is 2. The molecule has 2 fully saturated rings. The molecular formula is C15H20N2O5S2. The lowest BCUT2D eigenvalue weighted by Crippen LogP contribution is -2.35. The Labute approximate surface area is 142 Å². The van der Waals surface area contributed by atoms with Crippen molar-refractivity contribution in [2.45, 2.75) is 31.1 Å². The van der Waals surface area contributed by atoms with E-state index in [0.717, 1.165) is 23.6 Å². The van der Waals surface area contributed by atoms with Gasteiger partial charge in [0.15, 0.2) is 0 Å². The molecule has 0 saturated carbocycles. The van der Waals surface area contributed by atoms with Crippen LogP contribution >= 0.6 is 0 Å². The monoisotopic (exact) mass is 372 g/mol. The Balaban J connectivity index is 1.90. The summed E-state index contributed by atoms with van der Waals surface area (Å²) in [6.45, 7) is 2.57. The van der Waals surface area contributed by atoms with Gasteiger partial charge in [-0.3, -0.25) is 4.79 Å². The third kappa shape index (κ3) is 2.96. The summed E-state index contributed by atoms with van der Waals surface area (Å²) in [7, 11) is -7.26. The molecule has 7 nitrogen and oxygen atoms in total. The average molecular weight is 372 g/mol. The zero-order valence-electron chi connectivity index (χ0n) is 13.4. The molecule has 2 heterocycles. The van der Waals surface area contributed by atoms with E-state index in [4.69, 9.17) is 0 Å². The minimum atomic E-state index is -3.68. The fourth-order valence-electron chi connectivity index (χ4n) is 3.09. The number of benzene rings is 1. The van der Waals surface area contributed by atoms with E-state index in [2.05, 4.69) is 0 Å². The van der Waals surface area contributed by atoms with Crippen LogP contribution in [0.2, 0.25) is 0 Å². The van der Waals surface area contributed by atoms with Gasteiger partial charge in [0.2, 0.25) is 26.0 Å². The van der Waals surface area contributed by atoms with Crippen molar-refractivity contribution in [3.63, 3.8) is 0 Å². The van der Waals surface area contributed by atoms with Gasteiger partial charge in [-0.25, -0.2) is 21.1 Å². The number of hydrogen-bond acceptors (Lipinski definition) is 5. The summed E-state index contributed by atoms with van der Waals surface area (Å²) in [5, 5.41) is 0. The molecule has 1 amide bonds. The molecule has 0 radical (unpaired) electrons. The summed E-state index contributed by atoms with van der Waals surface area (Å²) in [4.78, 5) is 12.2. The fraction of sp³-hybridized carbons (Fsp3) is 0.533. The van der Waals surface area contributed by atoms with E-state index < -0.39 is 31.9 Å². The van der Waals surface area contributed by atoms with Gasteiger partial charge in [-0.05, 0) is 37.1 Å². The van der Waals surface area contributed by atoms with Gasteiger partial charge < -0.3 is 0 Å². The second-order valence-corrected chi connectivity index (χ2v) is 10.0. The number of amides is 1. The van der Waals surface area contributed by atoms with Gasteiger partial charge in [-0.2, -0.15) is 4.31 Å². The maximum atomic E-state index is 12.6. The first-order valence-corrected chi connectivity index (χ1v) is 11.0. The number of hydrogen-bond donors (Lipinski definition) is 0. The number of sulfonamides is 2. The molecule has 24 heavy (non-hydrogen) atoms. The molecule has 0 spiro atoms. The minimum absolute atomic E-state index is 0.116. The predicted molar refractivity (Wildman–Crippen MR) is 89.5 cm³/mol. The van der Waals surface area contributed by atoms with Crippen LogP contribution < -0.4 is 4.31 Å². The molecule has 132 valence electrons. The Kier molecular flexibility index (Phi) is 4.43. The Morgan fingerprint density at radius 1 is 1.04 bits per heavy atom. The van der Waals surface area contributed by atoms with Gasteiger partial charge in [0.25, 0.3) is 0 Å². The third-order valence-electron chi connectivity index (χ3n) is 4.38. The van der Waals surface area contributed by atoms with Crippen LogP contribution in [0.5, 0.6) is 0 Å². The van der Waals surface area contributed by atoms with Gasteiger partial charge >= 0.3 is 0 Å². The largest absolute Gasteiger partial charge is 0.273 e. The Morgan fingerprint density at radius 2 is 1.62 bits per heavy atom. The van der Waals surface area contributed by atoms with Crippen molar-refractivity contribution in [1.29, 1.82) is 0 Å². The molecule has 3 rings (SSSR count). The summed E-state index contributed by atoms with van der Waals surface area (Å²) in [6, 6.07) is 5.49. The molecule has 0 unspecified atom stereocenters. The summed E-state index contributed by atoms with van der Waals surface area (Å²) < 4.78 is 51.6. The van der Waals surface area contributed by atoms with E-state index in [1.807, 2.05) is 0 Å². The molecule has 9 heteroatoms. The maximum Gasteiger partial charge on any atom is 0.244 e. The molecule has 1 atom stereocenters. The van der Waals surface area contributed by atoms with E-state index in [1.54, 1.807) is 6.92 Å². The highest BCUT2D eigenvalue weighted by Crippen LogP contribution is 2.29. The molecule has 0 bridgehead atoms. The standard InChI is InChI=1S/C15H20N2O5S2/c1-12-11-23(19,20)17(15(12)18)13-5-7-14(8-6-13)24(21,22)16-9-3-2-4-10-16/h5-8,12H,2-4,9-11H2,1H3/t12-/m1/s1. The Bertz CT molecular complexity index is 840. The molecule has 1 aromatic rings. The molecule has 2 aliphatic rings. The number of carbonyl (C=O) groups excluding carboxylic acids is 1. The normalized spacial score (nSPS) is 25.1. The lowest BCUT2D eigenvalue weighted by molar-refractivity contribution is -0.119. The van der Waals surface area contributed by atoms with Crippen LogP contribution in [0, 0.1) is 5.92 Å². The number of anilines is 1. The zero-order chi connectivity index (χ0) is 17.5. The molecule has 2 aliphatic heterocycles. The summed E-state index contributed by atoms with van der Waals surface area (Å²) in [5.74, 6) is -1.30. The van der Waals surface area contributed by atoms with Crippen molar-refractivity contribution < 1.29 is 21.6 Å². The van der Waals surface area contributed by atoms with Gasteiger partial charge in [0.05, 0.1) is 22.3 Å². The second kappa shape index (κ2) is 6.12. The van der Waals surface area contributed by atoms with E-state index in [9.17, 15) is 21.6 Å². The highest BCUT2D eigenvalue weighted by atomic mass is 32.2. The maximum absolute atomic E-state index is 12.6. The van der Waals surface area contributed by atoms with E-state index in [0.29, 0.717) is 13.1 Å². The topological polar surface area (TPSA) is 91.8 Å². The quantitative estimate of drug-likeness (QED) is 0.794. The van der Waals surface area contributed by atoms with Crippen molar-refractivity contribution in [1.82, 2.24) is 4.31 Å². The lowest BCUT2D eigenvalue weighted by Gasteiger charge is -2.26. The Hall–Kier alpha value is -1.45. The van der Waals surface area contributed by atoms with Gasteiger partial charge in [0.1, 0.15) is 0 Å². The molecule has 2 saturated heterocycles. The molecule has 1 aromatic carbocycles. The first-order valence-electron chi connectivity index (χ1n) is 7.90. The van der Waals surface area contributed by atoms with Crippen LogP contribution in [0.1, 0.15) is 26.2 Å². The van der Waals surface area contributed by atoms with Gasteiger partial charge in [-0.1, -0.05) is 13.3 Å². The molecular weight excluding hydrogens is 352 g/mol. The smallest absolute Gasteiger partial charge is 0.244 e. The van der Waals surface area contributed by atoms with Gasteiger partial charge in [-0.15, -0.1) is 0 Å². The van der Waals surface area contributed by atoms with Gasteiger partial charge in [0, 0.05) is 13.1 Å². The second-order valence-electron chi connectivity index (χ2n) is 6.24. The van der Waals surface area contributed by atoms with Crippen molar-refractivity contribution in [2.75, 3.05) is 23.1 Å². The Morgan fingerprint density at radius 3 is 2.12 bits per heavy atom. The van der Waals surface area contributed by atoms with Crippen LogP contribution in [0.25, 0.3) is 0 Å². The fourth-order valence-corrected chi connectivity index (χ4v) is 6.43. The van der Waals surface area contributed by atoms with E-state index >= 15 is 0 Å². The highest BCUT2D eigenvalue weighted by Gasteiger charge is 2.42. The van der Waals surface area contributed by atoms with Crippen molar-refractivity contribution in [3.05, 3.63) is 24.3 Å². The predicted octanol–water partition coefficient (Wildman–Crippen LogP) is 1.17. The van der Waals surface area contributed by atoms with E-state index in [1.165, 1.54) is 28.6 Å². The summed E-state index contributed by atoms with van der Waals surface area (Å²) >= 11 is 0. The van der Waals surface area contributed by atoms with Crippen LogP contribution in [0.3, 0.4) is 0 Å².